The number of aromatic nitrogens is 2. The van der Waals surface area contributed by atoms with Crippen LogP contribution < -0.4 is 5.32 Å². The van der Waals surface area contributed by atoms with Crippen molar-refractivity contribution in [3.05, 3.63) is 17.6 Å². The minimum absolute atomic E-state index is 0.884. The molecule has 0 amide bonds. The van der Waals surface area contributed by atoms with Crippen molar-refractivity contribution in [3.63, 3.8) is 0 Å². The highest BCUT2D eigenvalue weighted by Crippen LogP contribution is 2.11. The Morgan fingerprint density at radius 1 is 1.33 bits per heavy atom. The molecule has 15 heavy (non-hydrogen) atoms. The van der Waals surface area contributed by atoms with Gasteiger partial charge >= 0.3 is 0 Å². The molecule has 84 valence electrons. The Hall–Kier alpha value is -0.770. The summed E-state index contributed by atoms with van der Waals surface area (Å²) < 4.78 is 0. The third-order valence-electron chi connectivity index (χ3n) is 2.02. The summed E-state index contributed by atoms with van der Waals surface area (Å²) in [4.78, 5) is 8.94. The van der Waals surface area contributed by atoms with Gasteiger partial charge in [-0.1, -0.05) is 13.8 Å². The summed E-state index contributed by atoms with van der Waals surface area (Å²) >= 11 is 1.75. The van der Waals surface area contributed by atoms with Crippen LogP contribution >= 0.6 is 11.8 Å². The monoisotopic (exact) mass is 225 g/mol. The van der Waals surface area contributed by atoms with E-state index in [1.165, 1.54) is 0 Å². The summed E-state index contributed by atoms with van der Waals surface area (Å²) in [6.45, 7) is 5.24. The molecule has 0 fully saturated rings. The second kappa shape index (κ2) is 6.67. The van der Waals surface area contributed by atoms with Crippen molar-refractivity contribution in [1.29, 1.82) is 0 Å². The van der Waals surface area contributed by atoms with Crippen molar-refractivity contribution >= 4 is 17.6 Å². The first-order valence-corrected chi connectivity index (χ1v) is 6.79. The lowest BCUT2D eigenvalue weighted by molar-refractivity contribution is 0.917. The quantitative estimate of drug-likeness (QED) is 0.808. The van der Waals surface area contributed by atoms with E-state index in [2.05, 4.69) is 35.4 Å². The van der Waals surface area contributed by atoms with Crippen molar-refractivity contribution in [2.75, 3.05) is 18.1 Å². The Morgan fingerprint density at radius 2 is 2.13 bits per heavy atom. The molecule has 0 saturated carbocycles. The topological polar surface area (TPSA) is 37.8 Å². The van der Waals surface area contributed by atoms with E-state index in [1.807, 2.05) is 6.07 Å². The lowest BCUT2D eigenvalue weighted by atomic mass is 10.3. The van der Waals surface area contributed by atoms with Gasteiger partial charge in [0.25, 0.3) is 0 Å². The average Bonchev–Trinajstić information content (AvgIpc) is 2.26. The van der Waals surface area contributed by atoms with Gasteiger partial charge in [0.1, 0.15) is 11.6 Å². The van der Waals surface area contributed by atoms with Gasteiger partial charge in [0.05, 0.1) is 5.75 Å². The number of hydrogen-bond donors (Lipinski definition) is 1. The Morgan fingerprint density at radius 3 is 2.73 bits per heavy atom. The maximum atomic E-state index is 4.48. The first-order valence-electron chi connectivity index (χ1n) is 5.39. The van der Waals surface area contributed by atoms with Crippen molar-refractivity contribution < 1.29 is 0 Å². The van der Waals surface area contributed by atoms with Crippen molar-refractivity contribution in [2.45, 2.75) is 32.4 Å². The van der Waals surface area contributed by atoms with Crippen LogP contribution in [0.4, 0.5) is 5.82 Å². The summed E-state index contributed by atoms with van der Waals surface area (Å²) in [7, 11) is 0. The van der Waals surface area contributed by atoms with E-state index in [4.69, 9.17) is 0 Å². The molecule has 1 rings (SSSR count). The Balaban J connectivity index is 2.79. The van der Waals surface area contributed by atoms with Crippen molar-refractivity contribution in [1.82, 2.24) is 9.97 Å². The Kier molecular flexibility index (Phi) is 5.47. The highest BCUT2D eigenvalue weighted by Gasteiger charge is 2.02. The van der Waals surface area contributed by atoms with E-state index >= 15 is 0 Å². The second-order valence-corrected chi connectivity index (χ2v) is 4.24. The normalized spacial score (nSPS) is 10.3. The molecule has 0 aliphatic carbocycles. The minimum Gasteiger partial charge on any atom is -0.370 e. The summed E-state index contributed by atoms with van der Waals surface area (Å²) in [6, 6.07) is 2.04. The zero-order valence-electron chi connectivity index (χ0n) is 9.71. The number of thioether (sulfide) groups is 1. The molecule has 1 aromatic rings. The van der Waals surface area contributed by atoms with Crippen molar-refractivity contribution in [2.24, 2.45) is 0 Å². The Labute approximate surface area is 96.1 Å². The smallest absolute Gasteiger partial charge is 0.140 e. The number of aryl methyl sites for hydroxylation is 1. The average molecular weight is 225 g/mol. The molecule has 4 heteroatoms. The molecular formula is C11H19N3S. The van der Waals surface area contributed by atoms with Gasteiger partial charge in [-0.25, -0.2) is 9.97 Å². The fraction of sp³-hybridized carbons (Fsp3) is 0.636. The molecule has 0 atom stereocenters. The van der Waals surface area contributed by atoms with Gasteiger partial charge in [0.15, 0.2) is 0 Å². The summed E-state index contributed by atoms with van der Waals surface area (Å²) in [5, 5.41) is 3.31. The number of nitrogens with zero attached hydrogens (tertiary/aromatic N) is 2. The van der Waals surface area contributed by atoms with Gasteiger partial charge in [-0.05, 0) is 19.1 Å². The Bertz CT molecular complexity index is 302. The van der Waals surface area contributed by atoms with E-state index in [0.717, 1.165) is 42.5 Å². The number of anilines is 1. The maximum Gasteiger partial charge on any atom is 0.140 e. The molecular weight excluding hydrogens is 206 g/mol. The van der Waals surface area contributed by atoms with Crippen LogP contribution in [0.3, 0.4) is 0 Å². The standard InChI is InChI=1S/C11H19N3S/c1-4-6-12-10-7-9(5-2)13-11(14-10)8-15-3/h7H,4-6,8H2,1-3H3,(H,12,13,14). The first-order chi connectivity index (χ1) is 7.30. The minimum atomic E-state index is 0.884. The number of nitrogens with one attached hydrogen (secondary N) is 1. The molecule has 0 aliphatic heterocycles. The molecule has 1 aromatic heterocycles. The maximum absolute atomic E-state index is 4.48. The van der Waals surface area contributed by atoms with Crippen LogP contribution in [0.5, 0.6) is 0 Å². The SMILES string of the molecule is CCCNc1cc(CC)nc(CSC)n1. The van der Waals surface area contributed by atoms with E-state index in [9.17, 15) is 0 Å². The van der Waals surface area contributed by atoms with Crippen LogP contribution in [-0.2, 0) is 12.2 Å². The molecule has 1 heterocycles. The second-order valence-electron chi connectivity index (χ2n) is 3.37. The molecule has 0 spiro atoms. The number of hydrogen-bond acceptors (Lipinski definition) is 4. The predicted molar refractivity (Wildman–Crippen MR) is 67.4 cm³/mol. The molecule has 0 saturated heterocycles. The molecule has 0 aliphatic rings. The fourth-order valence-electron chi connectivity index (χ4n) is 1.27. The predicted octanol–water partition coefficient (Wildman–Crippen LogP) is 2.72. The highest BCUT2D eigenvalue weighted by molar-refractivity contribution is 7.97. The molecule has 0 aromatic carbocycles. The summed E-state index contributed by atoms with van der Waals surface area (Å²) in [6.07, 6.45) is 4.15. The van der Waals surface area contributed by atoms with Crippen LogP contribution in [0.2, 0.25) is 0 Å². The van der Waals surface area contributed by atoms with Crippen LogP contribution in [0.15, 0.2) is 6.07 Å². The van der Waals surface area contributed by atoms with Gasteiger partial charge in [-0.2, -0.15) is 11.8 Å². The van der Waals surface area contributed by atoms with Crippen LogP contribution in [0.25, 0.3) is 0 Å². The molecule has 0 bridgehead atoms. The van der Waals surface area contributed by atoms with E-state index in [0.29, 0.717) is 0 Å². The van der Waals surface area contributed by atoms with E-state index in [1.54, 1.807) is 11.8 Å². The lowest BCUT2D eigenvalue weighted by Gasteiger charge is -2.07. The van der Waals surface area contributed by atoms with Crippen LogP contribution in [0.1, 0.15) is 31.8 Å². The van der Waals surface area contributed by atoms with Crippen LogP contribution in [0, 0.1) is 0 Å². The van der Waals surface area contributed by atoms with Gasteiger partial charge in [0.2, 0.25) is 0 Å². The first kappa shape index (κ1) is 12.3. The fourth-order valence-corrected chi connectivity index (χ4v) is 1.66. The zero-order chi connectivity index (χ0) is 11.1. The largest absolute Gasteiger partial charge is 0.370 e. The van der Waals surface area contributed by atoms with Crippen molar-refractivity contribution in [3.8, 4) is 0 Å². The molecule has 0 unspecified atom stereocenters. The summed E-state index contributed by atoms with van der Waals surface area (Å²) in [5.41, 5.74) is 1.12. The lowest BCUT2D eigenvalue weighted by Crippen LogP contribution is -2.06. The molecule has 1 N–H and O–H groups in total. The molecule has 0 radical (unpaired) electrons. The van der Waals surface area contributed by atoms with Gasteiger partial charge in [-0.15, -0.1) is 0 Å². The third kappa shape index (κ3) is 4.08. The zero-order valence-corrected chi connectivity index (χ0v) is 10.5. The third-order valence-corrected chi connectivity index (χ3v) is 2.56. The molecule has 3 nitrogen and oxygen atoms in total. The summed E-state index contributed by atoms with van der Waals surface area (Å²) in [5.74, 6) is 2.78. The van der Waals surface area contributed by atoms with Gasteiger partial charge in [0, 0.05) is 18.3 Å². The number of rotatable bonds is 6. The van der Waals surface area contributed by atoms with E-state index < -0.39 is 0 Å². The van der Waals surface area contributed by atoms with E-state index in [-0.39, 0.29) is 0 Å². The van der Waals surface area contributed by atoms with Gasteiger partial charge in [-0.3, -0.25) is 0 Å². The highest BCUT2D eigenvalue weighted by atomic mass is 32.2. The van der Waals surface area contributed by atoms with Crippen LogP contribution in [-0.4, -0.2) is 22.8 Å². The van der Waals surface area contributed by atoms with Gasteiger partial charge < -0.3 is 5.32 Å².